The van der Waals surface area contributed by atoms with E-state index < -0.39 is 10.0 Å². The van der Waals surface area contributed by atoms with Gasteiger partial charge in [0.15, 0.2) is 0 Å². The second-order valence-electron chi connectivity index (χ2n) is 4.76. The van der Waals surface area contributed by atoms with Gasteiger partial charge in [0.1, 0.15) is 4.90 Å². The van der Waals surface area contributed by atoms with E-state index in [0.29, 0.717) is 13.1 Å². The second kappa shape index (κ2) is 7.24. The molecule has 0 N–H and O–H groups in total. The van der Waals surface area contributed by atoms with Crippen molar-refractivity contribution in [3.05, 3.63) is 28.8 Å². The average molecular weight is 333 g/mol. The van der Waals surface area contributed by atoms with E-state index in [9.17, 15) is 13.2 Å². The standard InChI is InChI=1S/C14H21ClN2O3S/c1-5-17(6-2)14(18)10-16(4)21(19,20)13-8-7-11(3)9-12(13)15/h7-9H,5-6,10H2,1-4H3. The fourth-order valence-corrected chi connectivity index (χ4v) is 3.62. The number of likely N-dealkylation sites (N-methyl/N-ethyl adjacent to an activating group) is 2. The summed E-state index contributed by atoms with van der Waals surface area (Å²) < 4.78 is 26.0. The highest BCUT2D eigenvalue weighted by Gasteiger charge is 2.26. The zero-order valence-corrected chi connectivity index (χ0v) is 14.3. The van der Waals surface area contributed by atoms with Crippen molar-refractivity contribution >= 4 is 27.5 Å². The van der Waals surface area contributed by atoms with Gasteiger partial charge in [-0.05, 0) is 38.5 Å². The maximum atomic E-state index is 12.5. The summed E-state index contributed by atoms with van der Waals surface area (Å²) in [6.07, 6.45) is 0. The van der Waals surface area contributed by atoms with Crippen LogP contribution in [0, 0.1) is 6.92 Å². The molecular formula is C14H21ClN2O3S. The maximum Gasteiger partial charge on any atom is 0.244 e. The smallest absolute Gasteiger partial charge is 0.244 e. The van der Waals surface area contributed by atoms with Crippen molar-refractivity contribution in [3.63, 3.8) is 0 Å². The number of halogens is 1. The Bertz CT molecular complexity index is 613. The quantitative estimate of drug-likeness (QED) is 0.802. The first kappa shape index (κ1) is 17.9. The van der Waals surface area contributed by atoms with Crippen LogP contribution in [0.2, 0.25) is 5.02 Å². The van der Waals surface area contributed by atoms with Crippen LogP contribution in [0.1, 0.15) is 19.4 Å². The molecular weight excluding hydrogens is 312 g/mol. The summed E-state index contributed by atoms with van der Waals surface area (Å²) in [6.45, 7) is 6.44. The lowest BCUT2D eigenvalue weighted by Crippen LogP contribution is -2.41. The van der Waals surface area contributed by atoms with Gasteiger partial charge in [-0.25, -0.2) is 8.42 Å². The SMILES string of the molecule is CCN(CC)C(=O)CN(C)S(=O)(=O)c1ccc(C)cc1Cl. The third-order valence-electron chi connectivity index (χ3n) is 3.25. The highest BCUT2D eigenvalue weighted by Crippen LogP contribution is 2.24. The first-order chi connectivity index (χ1) is 9.73. The molecule has 0 unspecified atom stereocenters. The first-order valence-corrected chi connectivity index (χ1v) is 8.56. The van der Waals surface area contributed by atoms with Crippen LogP contribution in [0.5, 0.6) is 0 Å². The molecule has 0 atom stereocenters. The average Bonchev–Trinajstić information content (AvgIpc) is 2.39. The summed E-state index contributed by atoms with van der Waals surface area (Å²) in [5.41, 5.74) is 0.876. The first-order valence-electron chi connectivity index (χ1n) is 6.74. The van der Waals surface area contributed by atoms with Gasteiger partial charge in [-0.15, -0.1) is 0 Å². The summed E-state index contributed by atoms with van der Waals surface area (Å²) in [4.78, 5) is 13.6. The summed E-state index contributed by atoms with van der Waals surface area (Å²) in [5, 5.41) is 0.164. The minimum absolute atomic E-state index is 0.0182. The largest absolute Gasteiger partial charge is 0.342 e. The molecule has 1 amide bonds. The number of hydrogen-bond donors (Lipinski definition) is 0. The topological polar surface area (TPSA) is 57.7 Å². The third-order valence-corrected chi connectivity index (χ3v) is 5.54. The van der Waals surface area contributed by atoms with E-state index in [2.05, 4.69) is 0 Å². The zero-order valence-electron chi connectivity index (χ0n) is 12.8. The number of carbonyl (C=O) groups excluding carboxylic acids is 1. The number of nitrogens with zero attached hydrogens (tertiary/aromatic N) is 2. The van der Waals surface area contributed by atoms with Gasteiger partial charge in [0, 0.05) is 20.1 Å². The Hall–Kier alpha value is -1.11. The predicted octanol–water partition coefficient (Wildman–Crippen LogP) is 2.14. The lowest BCUT2D eigenvalue weighted by Gasteiger charge is -2.23. The molecule has 21 heavy (non-hydrogen) atoms. The Balaban J connectivity index is 2.99. The molecule has 0 heterocycles. The van der Waals surface area contributed by atoms with E-state index in [1.54, 1.807) is 17.0 Å². The highest BCUT2D eigenvalue weighted by atomic mass is 35.5. The van der Waals surface area contributed by atoms with E-state index in [1.165, 1.54) is 13.1 Å². The minimum Gasteiger partial charge on any atom is -0.342 e. The van der Waals surface area contributed by atoms with Crippen LogP contribution < -0.4 is 0 Å². The Morgan fingerprint density at radius 2 is 1.81 bits per heavy atom. The van der Waals surface area contributed by atoms with Crippen LogP contribution in [0.25, 0.3) is 0 Å². The Morgan fingerprint density at radius 3 is 2.29 bits per heavy atom. The summed E-state index contributed by atoms with van der Waals surface area (Å²) >= 11 is 6.01. The molecule has 1 aromatic carbocycles. The van der Waals surface area contributed by atoms with Crippen LogP contribution in [-0.4, -0.2) is 50.2 Å². The van der Waals surface area contributed by atoms with Crippen molar-refractivity contribution < 1.29 is 13.2 Å². The minimum atomic E-state index is -3.78. The molecule has 0 spiro atoms. The van der Waals surface area contributed by atoms with E-state index in [4.69, 9.17) is 11.6 Å². The molecule has 0 fully saturated rings. The van der Waals surface area contributed by atoms with Crippen LogP contribution in [0.15, 0.2) is 23.1 Å². The van der Waals surface area contributed by atoms with E-state index in [1.807, 2.05) is 20.8 Å². The fraction of sp³-hybridized carbons (Fsp3) is 0.500. The molecule has 0 aromatic heterocycles. The predicted molar refractivity (Wildman–Crippen MR) is 83.9 cm³/mol. The molecule has 7 heteroatoms. The lowest BCUT2D eigenvalue weighted by atomic mass is 10.2. The molecule has 118 valence electrons. The molecule has 0 saturated heterocycles. The van der Waals surface area contributed by atoms with Crippen LogP contribution in [0.3, 0.4) is 0 Å². The monoisotopic (exact) mass is 332 g/mol. The number of sulfonamides is 1. The zero-order chi connectivity index (χ0) is 16.2. The van der Waals surface area contributed by atoms with Crippen LogP contribution >= 0.6 is 11.6 Å². The molecule has 0 aliphatic heterocycles. The van der Waals surface area contributed by atoms with Gasteiger partial charge in [0.2, 0.25) is 15.9 Å². The molecule has 0 bridgehead atoms. The Morgan fingerprint density at radius 1 is 1.24 bits per heavy atom. The van der Waals surface area contributed by atoms with Gasteiger partial charge >= 0.3 is 0 Å². The number of benzene rings is 1. The van der Waals surface area contributed by atoms with Gasteiger partial charge in [0.05, 0.1) is 11.6 Å². The van der Waals surface area contributed by atoms with Gasteiger partial charge in [-0.3, -0.25) is 4.79 Å². The Kier molecular flexibility index (Phi) is 6.19. The van der Waals surface area contributed by atoms with Crippen molar-refractivity contribution in [2.24, 2.45) is 0 Å². The van der Waals surface area contributed by atoms with E-state index in [-0.39, 0.29) is 22.4 Å². The molecule has 0 saturated carbocycles. The van der Waals surface area contributed by atoms with Gasteiger partial charge < -0.3 is 4.90 Å². The third kappa shape index (κ3) is 4.18. The van der Waals surface area contributed by atoms with Crippen molar-refractivity contribution in [1.82, 2.24) is 9.21 Å². The van der Waals surface area contributed by atoms with Gasteiger partial charge in [-0.1, -0.05) is 17.7 Å². The summed E-state index contributed by atoms with van der Waals surface area (Å²) in [5.74, 6) is -0.227. The fourth-order valence-electron chi connectivity index (χ4n) is 1.93. The van der Waals surface area contributed by atoms with Gasteiger partial charge in [-0.2, -0.15) is 4.31 Å². The number of hydrogen-bond acceptors (Lipinski definition) is 3. The number of amides is 1. The highest BCUT2D eigenvalue weighted by molar-refractivity contribution is 7.89. The van der Waals surface area contributed by atoms with Crippen molar-refractivity contribution in [3.8, 4) is 0 Å². The molecule has 0 radical (unpaired) electrons. The summed E-state index contributed by atoms with van der Waals surface area (Å²) in [7, 11) is -2.40. The molecule has 1 rings (SSSR count). The van der Waals surface area contributed by atoms with E-state index in [0.717, 1.165) is 9.87 Å². The molecule has 5 nitrogen and oxygen atoms in total. The van der Waals surface area contributed by atoms with Gasteiger partial charge in [0.25, 0.3) is 0 Å². The van der Waals surface area contributed by atoms with Crippen molar-refractivity contribution in [2.75, 3.05) is 26.7 Å². The Labute approximate surface area is 131 Å². The van der Waals surface area contributed by atoms with E-state index >= 15 is 0 Å². The molecule has 0 aliphatic carbocycles. The van der Waals surface area contributed by atoms with Crippen molar-refractivity contribution in [2.45, 2.75) is 25.7 Å². The maximum absolute atomic E-state index is 12.5. The second-order valence-corrected chi connectivity index (χ2v) is 7.18. The summed E-state index contributed by atoms with van der Waals surface area (Å²) in [6, 6.07) is 4.73. The molecule has 1 aromatic rings. The van der Waals surface area contributed by atoms with Crippen molar-refractivity contribution in [1.29, 1.82) is 0 Å². The lowest BCUT2D eigenvalue weighted by molar-refractivity contribution is -0.130. The van der Waals surface area contributed by atoms with Crippen LogP contribution in [-0.2, 0) is 14.8 Å². The number of aryl methyl sites for hydroxylation is 1. The molecule has 0 aliphatic rings. The van der Waals surface area contributed by atoms with Crippen LogP contribution in [0.4, 0.5) is 0 Å². The normalized spacial score (nSPS) is 11.7. The number of carbonyl (C=O) groups is 1. The number of rotatable bonds is 6.